The summed E-state index contributed by atoms with van der Waals surface area (Å²) in [6.45, 7) is 22.3. The molecule has 1 saturated heterocycles. The molecular weight excluding hydrogens is 596 g/mol. The fourth-order valence-corrected chi connectivity index (χ4v) is 15.2. The number of hydrogen-bond donors (Lipinski definition) is 2. The molecule has 2 amide bonds. The highest BCUT2D eigenvalue weighted by Gasteiger charge is 2.73. The smallest absolute Gasteiger partial charge is 0.226 e. The van der Waals surface area contributed by atoms with Crippen LogP contribution in [0.2, 0.25) is 0 Å². The van der Waals surface area contributed by atoms with Crippen LogP contribution in [0.4, 0.5) is 0 Å². The minimum Gasteiger partial charge on any atom is -0.393 e. The number of carbonyl (C=O) groups is 2. The van der Waals surface area contributed by atoms with Gasteiger partial charge in [0.1, 0.15) is 0 Å². The van der Waals surface area contributed by atoms with Crippen LogP contribution in [0.3, 0.4) is 0 Å². The van der Waals surface area contributed by atoms with Gasteiger partial charge in [0.15, 0.2) is 0 Å². The monoisotopic (exact) mass is 665 g/mol. The first kappa shape index (κ1) is 34.0. The lowest BCUT2D eigenvalue weighted by Gasteiger charge is -2.73. The van der Waals surface area contributed by atoms with Crippen LogP contribution in [-0.2, 0) is 14.3 Å². The Hall–Kier alpha value is -1.14. The van der Waals surface area contributed by atoms with Crippen LogP contribution in [0.5, 0.6) is 0 Å². The SMILES string of the molecule is CC1(C)C(NC(=O)[C@]23CC[C@@H](C4(C)CC4)C2[C@H]2CC[C@@H]4[C@@]5(C)CC[C@H](O)C(C)(C)[C@@H]5CC[C@@]4(C)[C@]2(C)CC3)CC1C(=O)N1CCOCC1. The Balaban J connectivity index is 1.07. The first-order valence-electron chi connectivity index (χ1n) is 20.3. The van der Waals surface area contributed by atoms with Gasteiger partial charge in [-0.3, -0.25) is 9.59 Å². The third kappa shape index (κ3) is 4.35. The number of amides is 2. The van der Waals surface area contributed by atoms with Crippen LogP contribution in [0, 0.1) is 73.4 Å². The Kier molecular flexibility index (Phi) is 7.58. The molecular formula is C42H68N2O4. The number of hydrogen-bond acceptors (Lipinski definition) is 4. The zero-order chi connectivity index (χ0) is 34.3. The van der Waals surface area contributed by atoms with Gasteiger partial charge >= 0.3 is 0 Å². The molecule has 7 aliphatic carbocycles. The molecule has 1 aliphatic heterocycles. The van der Waals surface area contributed by atoms with E-state index >= 15 is 0 Å². The topological polar surface area (TPSA) is 78.9 Å². The highest BCUT2D eigenvalue weighted by Crippen LogP contribution is 2.79. The van der Waals surface area contributed by atoms with E-state index in [-0.39, 0.29) is 56.5 Å². The van der Waals surface area contributed by atoms with E-state index in [1.54, 1.807) is 0 Å². The van der Waals surface area contributed by atoms with E-state index in [1.807, 2.05) is 4.90 Å². The van der Waals surface area contributed by atoms with E-state index in [2.05, 4.69) is 60.7 Å². The largest absolute Gasteiger partial charge is 0.393 e. The summed E-state index contributed by atoms with van der Waals surface area (Å²) in [6.07, 6.45) is 14.8. The van der Waals surface area contributed by atoms with Crippen LogP contribution < -0.4 is 5.32 Å². The van der Waals surface area contributed by atoms with Crippen molar-refractivity contribution in [1.82, 2.24) is 10.2 Å². The van der Waals surface area contributed by atoms with Crippen molar-refractivity contribution in [2.45, 2.75) is 151 Å². The summed E-state index contributed by atoms with van der Waals surface area (Å²) >= 11 is 0. The number of aliphatic hydroxyl groups excluding tert-OH is 1. The summed E-state index contributed by atoms with van der Waals surface area (Å²) < 4.78 is 5.51. The first-order chi connectivity index (χ1) is 22.5. The summed E-state index contributed by atoms with van der Waals surface area (Å²) in [5.41, 5.74) is 0.656. The van der Waals surface area contributed by atoms with E-state index < -0.39 is 0 Å². The van der Waals surface area contributed by atoms with Crippen molar-refractivity contribution in [3.05, 3.63) is 0 Å². The van der Waals surface area contributed by atoms with Crippen LogP contribution in [-0.4, -0.2) is 60.3 Å². The maximum Gasteiger partial charge on any atom is 0.226 e. The van der Waals surface area contributed by atoms with Gasteiger partial charge in [-0.05, 0) is 146 Å². The molecule has 270 valence electrons. The van der Waals surface area contributed by atoms with Crippen molar-refractivity contribution in [2.75, 3.05) is 26.3 Å². The van der Waals surface area contributed by atoms with E-state index in [1.165, 1.54) is 44.9 Å². The Morgan fingerprint density at radius 3 is 2.08 bits per heavy atom. The predicted molar refractivity (Wildman–Crippen MR) is 189 cm³/mol. The van der Waals surface area contributed by atoms with Crippen LogP contribution in [0.25, 0.3) is 0 Å². The van der Waals surface area contributed by atoms with Gasteiger partial charge in [0.2, 0.25) is 11.8 Å². The lowest BCUT2D eigenvalue weighted by molar-refractivity contribution is -0.248. The van der Waals surface area contributed by atoms with Crippen molar-refractivity contribution in [2.24, 2.45) is 73.4 Å². The summed E-state index contributed by atoms with van der Waals surface area (Å²) in [6, 6.07) is 0.0624. The number of nitrogens with one attached hydrogen (secondary N) is 1. The Bertz CT molecular complexity index is 1330. The maximum atomic E-state index is 15.0. The van der Waals surface area contributed by atoms with Crippen molar-refractivity contribution in [3.63, 3.8) is 0 Å². The number of morpholine rings is 1. The average Bonchev–Trinajstić information content (AvgIpc) is 3.66. The molecule has 8 aliphatic rings. The summed E-state index contributed by atoms with van der Waals surface area (Å²) in [5, 5.41) is 14.8. The lowest BCUT2D eigenvalue weighted by atomic mass is 9.32. The molecule has 8 rings (SSSR count). The molecule has 12 atom stereocenters. The number of rotatable bonds is 4. The van der Waals surface area contributed by atoms with Gasteiger partial charge in [-0.25, -0.2) is 0 Å². The van der Waals surface area contributed by atoms with Crippen molar-refractivity contribution in [1.29, 1.82) is 0 Å². The Morgan fingerprint density at radius 2 is 1.42 bits per heavy atom. The Morgan fingerprint density at radius 1 is 0.708 bits per heavy atom. The molecule has 1 heterocycles. The highest BCUT2D eigenvalue weighted by atomic mass is 16.5. The fourth-order valence-electron chi connectivity index (χ4n) is 15.2. The van der Waals surface area contributed by atoms with Crippen LogP contribution in [0.1, 0.15) is 139 Å². The van der Waals surface area contributed by atoms with E-state index in [9.17, 15) is 14.7 Å². The lowest BCUT2D eigenvalue weighted by Crippen LogP contribution is -2.68. The van der Waals surface area contributed by atoms with Gasteiger partial charge < -0.3 is 20.1 Å². The van der Waals surface area contributed by atoms with E-state index in [0.717, 1.165) is 38.5 Å². The van der Waals surface area contributed by atoms with Crippen molar-refractivity contribution < 1.29 is 19.4 Å². The number of nitrogens with zero attached hydrogens (tertiary/aromatic N) is 1. The molecule has 6 heteroatoms. The van der Waals surface area contributed by atoms with Crippen LogP contribution >= 0.6 is 0 Å². The van der Waals surface area contributed by atoms with E-state index in [0.29, 0.717) is 67.2 Å². The van der Waals surface area contributed by atoms with Gasteiger partial charge in [0, 0.05) is 25.0 Å². The average molecular weight is 665 g/mol. The molecule has 0 bridgehead atoms. The van der Waals surface area contributed by atoms with Gasteiger partial charge in [-0.1, -0.05) is 55.4 Å². The second-order valence-corrected chi connectivity index (χ2v) is 21.1. The molecule has 0 aromatic carbocycles. The quantitative estimate of drug-likeness (QED) is 0.324. The molecule has 0 radical (unpaired) electrons. The second kappa shape index (κ2) is 10.7. The van der Waals surface area contributed by atoms with Gasteiger partial charge in [-0.2, -0.15) is 0 Å². The van der Waals surface area contributed by atoms with Crippen LogP contribution in [0.15, 0.2) is 0 Å². The summed E-state index contributed by atoms with van der Waals surface area (Å²) in [5.74, 6) is 3.53. The third-order valence-corrected chi connectivity index (χ3v) is 19.0. The fraction of sp³-hybridized carbons (Fsp3) is 0.952. The minimum atomic E-state index is -0.267. The van der Waals surface area contributed by atoms with Gasteiger partial charge in [0.25, 0.3) is 0 Å². The number of fused-ring (bicyclic) bond motifs is 7. The summed E-state index contributed by atoms with van der Waals surface area (Å²) in [7, 11) is 0. The molecule has 0 aromatic heterocycles. The first-order valence-corrected chi connectivity index (χ1v) is 20.3. The zero-order valence-corrected chi connectivity index (χ0v) is 31.8. The number of aliphatic hydroxyl groups is 1. The molecule has 0 spiro atoms. The second-order valence-electron chi connectivity index (χ2n) is 21.1. The van der Waals surface area contributed by atoms with Gasteiger partial charge in [-0.15, -0.1) is 0 Å². The molecule has 3 unspecified atom stereocenters. The minimum absolute atomic E-state index is 0.0237. The zero-order valence-electron chi connectivity index (χ0n) is 31.8. The molecule has 8 fully saturated rings. The third-order valence-electron chi connectivity index (χ3n) is 19.0. The van der Waals surface area contributed by atoms with E-state index in [4.69, 9.17) is 4.74 Å². The molecule has 0 aromatic rings. The highest BCUT2D eigenvalue weighted by molar-refractivity contribution is 5.86. The standard InChI is InChI=1S/C42H68N2O4/c1-36(2)28(34(46)44-21-23-48-24-22-44)25-31(36)43-35(47)42-16-11-26(38(5)17-18-38)33(42)27-9-10-30-39(6)14-13-32(45)37(3,4)29(39)12-15-41(30,8)40(27,7)19-20-42/h26-33,45H,9-25H2,1-8H3,(H,43,47)/t26-,27-,28?,29+,30-,31?,32+,33?,39+,40-,41-,42+/m1/s1. The predicted octanol–water partition coefficient (Wildman–Crippen LogP) is 7.62. The maximum absolute atomic E-state index is 15.0. The summed E-state index contributed by atoms with van der Waals surface area (Å²) in [4.78, 5) is 30.5. The van der Waals surface area contributed by atoms with Crippen molar-refractivity contribution >= 4 is 11.8 Å². The Labute approximate surface area is 291 Å². The normalized spacial score (nSPS) is 51.3. The molecule has 2 N–H and O–H groups in total. The van der Waals surface area contributed by atoms with Crippen molar-refractivity contribution in [3.8, 4) is 0 Å². The number of carbonyl (C=O) groups excluding carboxylic acids is 2. The molecule has 7 saturated carbocycles. The number of ether oxygens (including phenoxy) is 1. The van der Waals surface area contributed by atoms with Gasteiger partial charge in [0.05, 0.1) is 24.7 Å². The molecule has 6 nitrogen and oxygen atoms in total. The molecule has 48 heavy (non-hydrogen) atoms.